The van der Waals surface area contributed by atoms with Gasteiger partial charge in [-0.3, -0.25) is 4.79 Å². The van der Waals surface area contributed by atoms with Gasteiger partial charge < -0.3 is 9.52 Å². The Balaban J connectivity index is 2.33. The minimum Gasteiger partial charge on any atom is -0.480 e. The van der Waals surface area contributed by atoms with Gasteiger partial charge in [-0.15, -0.1) is 0 Å². The molecule has 1 fully saturated rings. The van der Waals surface area contributed by atoms with Crippen molar-refractivity contribution < 1.29 is 22.7 Å². The Kier molecular flexibility index (Phi) is 3.22. The zero-order valence-electron chi connectivity index (χ0n) is 9.53. The predicted molar refractivity (Wildman–Crippen MR) is 62.7 cm³/mol. The molecule has 2 N–H and O–H groups in total. The van der Waals surface area contributed by atoms with Gasteiger partial charge in [-0.2, -0.15) is 17.4 Å². The maximum atomic E-state index is 11.8. The van der Waals surface area contributed by atoms with E-state index in [1.54, 1.807) is 0 Å². The SMILES string of the molecule is [B]c1ccc(C2CC(C(=O)O)N(C)S(=O)(=O)N2)o1. The summed E-state index contributed by atoms with van der Waals surface area (Å²) in [5.74, 6) is -0.900. The lowest BCUT2D eigenvalue weighted by Gasteiger charge is -2.33. The molecule has 2 atom stereocenters. The molecule has 9 heteroatoms. The average Bonchev–Trinajstić information content (AvgIpc) is 2.68. The second kappa shape index (κ2) is 4.41. The van der Waals surface area contributed by atoms with Crippen molar-refractivity contribution in [2.75, 3.05) is 7.05 Å². The second-order valence-electron chi connectivity index (χ2n) is 4.02. The van der Waals surface area contributed by atoms with Crippen LogP contribution < -0.4 is 10.4 Å². The summed E-state index contributed by atoms with van der Waals surface area (Å²) in [6.45, 7) is 0. The lowest BCUT2D eigenvalue weighted by Crippen LogP contribution is -2.54. The number of nitrogens with one attached hydrogen (secondary N) is 1. The van der Waals surface area contributed by atoms with E-state index in [1.165, 1.54) is 19.2 Å². The summed E-state index contributed by atoms with van der Waals surface area (Å²) in [5, 5.41) is 9.02. The third-order valence-electron chi connectivity index (χ3n) is 2.84. The van der Waals surface area contributed by atoms with Crippen LogP contribution >= 0.6 is 0 Å². The molecule has 0 aromatic carbocycles. The van der Waals surface area contributed by atoms with Gasteiger partial charge in [0.05, 0.1) is 6.04 Å². The number of carboxylic acids is 1. The number of aliphatic carboxylic acids is 1. The van der Waals surface area contributed by atoms with E-state index in [0.717, 1.165) is 4.31 Å². The molecule has 96 valence electrons. The topological polar surface area (TPSA) is 99.9 Å². The Labute approximate surface area is 105 Å². The molecular weight excluding hydrogens is 259 g/mol. The molecule has 2 unspecified atom stereocenters. The number of hydrogen-bond acceptors (Lipinski definition) is 4. The van der Waals surface area contributed by atoms with Crippen LogP contribution in [0.1, 0.15) is 18.2 Å². The van der Waals surface area contributed by atoms with Crippen molar-refractivity contribution in [2.24, 2.45) is 0 Å². The molecule has 2 radical (unpaired) electrons. The highest BCUT2D eigenvalue weighted by Gasteiger charge is 2.41. The molecule has 0 spiro atoms. The third kappa shape index (κ3) is 2.29. The van der Waals surface area contributed by atoms with Crippen LogP contribution in [0.2, 0.25) is 0 Å². The molecule has 1 aliphatic rings. The number of carbonyl (C=O) groups is 1. The fraction of sp³-hybridized carbons (Fsp3) is 0.444. The van der Waals surface area contributed by atoms with Crippen LogP contribution in [0.25, 0.3) is 0 Å². The fourth-order valence-electron chi connectivity index (χ4n) is 1.84. The van der Waals surface area contributed by atoms with Crippen LogP contribution in [-0.4, -0.2) is 44.7 Å². The summed E-state index contributed by atoms with van der Waals surface area (Å²) in [7, 11) is 2.78. The molecule has 0 saturated carbocycles. The summed E-state index contributed by atoms with van der Waals surface area (Å²) >= 11 is 0. The van der Waals surface area contributed by atoms with Crippen LogP contribution in [0.4, 0.5) is 0 Å². The maximum Gasteiger partial charge on any atom is 0.322 e. The van der Waals surface area contributed by atoms with Gasteiger partial charge >= 0.3 is 5.97 Å². The monoisotopic (exact) mass is 270 g/mol. The van der Waals surface area contributed by atoms with Crippen LogP contribution in [0.3, 0.4) is 0 Å². The van der Waals surface area contributed by atoms with Crippen LogP contribution in [0.15, 0.2) is 16.5 Å². The normalized spacial score (nSPS) is 28.1. The first kappa shape index (κ1) is 13.1. The number of hydrogen-bond donors (Lipinski definition) is 2. The van der Waals surface area contributed by atoms with Gasteiger partial charge in [0.1, 0.15) is 11.8 Å². The molecule has 0 amide bonds. The standard InChI is InChI=1S/C9H11BN2O5S/c1-12-6(9(13)14)4-5(11-18(12,15)16)7-2-3-8(10)17-7/h2-3,5-6,11H,4H2,1H3,(H,13,14). The van der Waals surface area contributed by atoms with Crippen molar-refractivity contribution >= 4 is 29.7 Å². The van der Waals surface area contributed by atoms with Crippen molar-refractivity contribution in [3.05, 3.63) is 17.9 Å². The summed E-state index contributed by atoms with van der Waals surface area (Å²) in [6, 6.07) is 1.14. The highest BCUT2D eigenvalue weighted by molar-refractivity contribution is 7.87. The van der Waals surface area contributed by atoms with E-state index in [4.69, 9.17) is 17.4 Å². The second-order valence-corrected chi connectivity index (χ2v) is 5.78. The van der Waals surface area contributed by atoms with Gasteiger partial charge in [0.2, 0.25) is 0 Å². The molecule has 18 heavy (non-hydrogen) atoms. The summed E-state index contributed by atoms with van der Waals surface area (Å²) in [6.07, 6.45) is 0.0675. The molecule has 1 aromatic heterocycles. The zero-order chi connectivity index (χ0) is 13.5. The molecular formula is C9H11BN2O5S. The van der Waals surface area contributed by atoms with Gasteiger partial charge in [-0.1, -0.05) is 0 Å². The molecule has 1 saturated heterocycles. The van der Waals surface area contributed by atoms with Gasteiger partial charge in [-0.25, -0.2) is 0 Å². The van der Waals surface area contributed by atoms with Crippen LogP contribution in [0.5, 0.6) is 0 Å². The number of carboxylic acid groups (broad SMARTS) is 1. The van der Waals surface area contributed by atoms with E-state index in [2.05, 4.69) is 4.72 Å². The van der Waals surface area contributed by atoms with Crippen molar-refractivity contribution in [2.45, 2.75) is 18.5 Å². The Morgan fingerprint density at radius 3 is 2.78 bits per heavy atom. The number of furan rings is 1. The van der Waals surface area contributed by atoms with Gasteiger partial charge in [0.25, 0.3) is 10.2 Å². The van der Waals surface area contributed by atoms with E-state index in [1.807, 2.05) is 0 Å². The van der Waals surface area contributed by atoms with E-state index in [9.17, 15) is 13.2 Å². The first-order valence-corrected chi connectivity index (χ1v) is 6.58. The van der Waals surface area contributed by atoms with Crippen LogP contribution in [0, 0.1) is 0 Å². The van der Waals surface area contributed by atoms with E-state index >= 15 is 0 Å². The molecule has 1 aliphatic heterocycles. The fourth-order valence-corrected chi connectivity index (χ4v) is 3.09. The Morgan fingerprint density at radius 2 is 2.28 bits per heavy atom. The third-order valence-corrected chi connectivity index (χ3v) is 4.44. The zero-order valence-corrected chi connectivity index (χ0v) is 10.3. The number of likely N-dealkylation sites (N-methyl/N-ethyl adjacent to an activating group) is 1. The Bertz CT molecular complexity index is 569. The minimum absolute atomic E-state index is 0.0675. The number of rotatable bonds is 2. The predicted octanol–water partition coefficient (Wildman–Crippen LogP) is -1.26. The lowest BCUT2D eigenvalue weighted by atomic mass is 10.1. The number of nitrogens with zero attached hydrogens (tertiary/aromatic N) is 1. The Hall–Kier alpha value is -1.32. The molecule has 0 aliphatic carbocycles. The van der Waals surface area contributed by atoms with E-state index < -0.39 is 28.3 Å². The van der Waals surface area contributed by atoms with Crippen molar-refractivity contribution in [1.82, 2.24) is 9.03 Å². The maximum absolute atomic E-state index is 11.8. The van der Waals surface area contributed by atoms with Crippen molar-refractivity contribution in [3.63, 3.8) is 0 Å². The Morgan fingerprint density at radius 1 is 1.61 bits per heavy atom. The van der Waals surface area contributed by atoms with Gasteiger partial charge in [0.15, 0.2) is 7.85 Å². The molecule has 2 rings (SSSR count). The molecule has 7 nitrogen and oxygen atoms in total. The van der Waals surface area contributed by atoms with E-state index in [0.29, 0.717) is 5.76 Å². The first-order valence-electron chi connectivity index (χ1n) is 5.14. The summed E-state index contributed by atoms with van der Waals surface area (Å²) in [5.41, 5.74) is 0.148. The largest absolute Gasteiger partial charge is 0.480 e. The highest BCUT2D eigenvalue weighted by atomic mass is 32.2. The minimum atomic E-state index is -3.84. The quantitative estimate of drug-likeness (QED) is 0.653. The average molecular weight is 270 g/mol. The smallest absolute Gasteiger partial charge is 0.322 e. The summed E-state index contributed by atoms with van der Waals surface area (Å²) in [4.78, 5) is 11.0. The van der Waals surface area contributed by atoms with Crippen LogP contribution in [-0.2, 0) is 15.0 Å². The highest BCUT2D eigenvalue weighted by Crippen LogP contribution is 2.27. The van der Waals surface area contributed by atoms with E-state index in [-0.39, 0.29) is 12.1 Å². The van der Waals surface area contributed by atoms with Gasteiger partial charge in [-0.05, 0) is 18.6 Å². The van der Waals surface area contributed by atoms with Crippen molar-refractivity contribution in [3.8, 4) is 0 Å². The molecule has 2 heterocycles. The molecule has 0 bridgehead atoms. The van der Waals surface area contributed by atoms with Gasteiger partial charge in [0, 0.05) is 12.7 Å². The lowest BCUT2D eigenvalue weighted by molar-refractivity contribution is -0.141. The van der Waals surface area contributed by atoms with Crippen molar-refractivity contribution in [1.29, 1.82) is 0 Å². The molecule has 1 aromatic rings. The first-order chi connectivity index (χ1) is 8.31. The summed E-state index contributed by atoms with van der Waals surface area (Å²) < 4.78 is 31.8.